The van der Waals surface area contributed by atoms with Crippen LogP contribution < -0.4 is 4.90 Å². The number of allylic oxidation sites excluding steroid dienone is 2. The molecule has 1 heteroatoms. The average molecular weight is 824 g/mol. The van der Waals surface area contributed by atoms with Gasteiger partial charge >= 0.3 is 0 Å². The molecular weight excluding hydrogens is 771 g/mol. The molecule has 1 nitrogen and oxygen atoms in total. The minimum absolute atomic E-state index is 1.14. The van der Waals surface area contributed by atoms with E-state index in [0.717, 1.165) is 11.4 Å². The van der Waals surface area contributed by atoms with E-state index in [2.05, 4.69) is 194 Å². The normalized spacial score (nSPS) is 14.6. The van der Waals surface area contributed by atoms with Crippen LogP contribution >= 0.6 is 0 Å². The second-order valence-electron chi connectivity index (χ2n) is 18.7. The molecule has 0 aliphatic heterocycles. The first-order valence-electron chi connectivity index (χ1n) is 23.7. The van der Waals surface area contributed by atoms with Gasteiger partial charge in [-0.25, -0.2) is 0 Å². The molecule has 0 heterocycles. The van der Waals surface area contributed by atoms with Crippen molar-refractivity contribution in [3.8, 4) is 0 Å². The summed E-state index contributed by atoms with van der Waals surface area (Å²) < 4.78 is 0. The lowest BCUT2D eigenvalue weighted by atomic mass is 9.85. The van der Waals surface area contributed by atoms with Crippen LogP contribution in [0.5, 0.6) is 0 Å². The number of nitrogens with zero attached hydrogens (tertiary/aromatic N) is 1. The van der Waals surface area contributed by atoms with Gasteiger partial charge in [0.25, 0.3) is 0 Å². The SMILES string of the molecule is Cc1ccc(N(c2ccc(C=C(c3ccc(C=C4CCCCC4)cc3)c3ccc(C=C4CCCCC4)cc3)cc2)c2c3cccc4ccc5cc6cccc7ccc2c(c76)c5c43)cc1. The highest BCUT2D eigenvalue weighted by Crippen LogP contribution is 2.51. The number of benzene rings is 10. The predicted molar refractivity (Wildman–Crippen MR) is 278 cm³/mol. The van der Waals surface area contributed by atoms with E-state index in [9.17, 15) is 0 Å². The first kappa shape index (κ1) is 38.7. The third-order valence-corrected chi connectivity index (χ3v) is 14.4. The van der Waals surface area contributed by atoms with Gasteiger partial charge in [0.05, 0.1) is 5.69 Å². The molecule has 10 aromatic rings. The highest BCUT2D eigenvalue weighted by atomic mass is 15.1. The third-order valence-electron chi connectivity index (χ3n) is 14.4. The molecule has 2 fully saturated rings. The van der Waals surface area contributed by atoms with Gasteiger partial charge in [-0.05, 0) is 166 Å². The Morgan fingerprint density at radius 3 is 1.52 bits per heavy atom. The molecule has 0 amide bonds. The quantitative estimate of drug-likeness (QED) is 0.0838. The van der Waals surface area contributed by atoms with Crippen LogP contribution in [0.2, 0.25) is 0 Å². The van der Waals surface area contributed by atoms with E-state index >= 15 is 0 Å². The molecule has 0 unspecified atom stereocenters. The zero-order valence-corrected chi connectivity index (χ0v) is 36.8. The number of aryl methyl sites for hydroxylation is 1. The molecular formula is C63H53N. The molecule has 0 aromatic heterocycles. The number of hydrogen-bond donors (Lipinski definition) is 0. The van der Waals surface area contributed by atoms with Crippen LogP contribution in [0, 0.1) is 6.92 Å². The maximum Gasteiger partial charge on any atom is 0.0619 e. The Hall–Kier alpha value is -6.96. The molecule has 0 atom stereocenters. The van der Waals surface area contributed by atoms with Gasteiger partial charge < -0.3 is 4.90 Å². The van der Waals surface area contributed by atoms with Gasteiger partial charge in [0.2, 0.25) is 0 Å². The standard InChI is InChI=1S/C63H53N/c1-42-18-33-54(34-19-42)64(63-56-17-9-15-51-30-31-53-41-52-16-8-14-50-32-37-57(63)62(59(50)52)61(53)60(51)56)55-35-24-47(25-36-55)40-58(48-26-20-45(21-27-48)38-43-10-4-2-5-11-43)49-28-22-46(23-29-49)39-44-12-6-3-7-13-44/h8-9,14-41H,2-7,10-13H2,1H3. The van der Waals surface area contributed by atoms with Crippen molar-refractivity contribution in [2.24, 2.45) is 0 Å². The van der Waals surface area contributed by atoms with Gasteiger partial charge in [-0.1, -0.05) is 175 Å². The van der Waals surface area contributed by atoms with Crippen LogP contribution in [0.25, 0.3) is 77.7 Å². The van der Waals surface area contributed by atoms with Crippen molar-refractivity contribution < 1.29 is 0 Å². The van der Waals surface area contributed by atoms with Crippen molar-refractivity contribution in [2.75, 3.05) is 4.90 Å². The topological polar surface area (TPSA) is 3.24 Å². The predicted octanol–water partition coefficient (Wildman–Crippen LogP) is 18.4. The highest BCUT2D eigenvalue weighted by Gasteiger charge is 2.24. The molecule has 10 aromatic carbocycles. The third kappa shape index (κ3) is 7.05. The number of rotatable bonds is 8. The van der Waals surface area contributed by atoms with E-state index in [0.29, 0.717) is 0 Å². The Morgan fingerprint density at radius 2 is 0.891 bits per heavy atom. The fraction of sp³-hybridized carbons (Fsp3) is 0.175. The van der Waals surface area contributed by atoms with Crippen LogP contribution in [0.1, 0.15) is 97.6 Å². The van der Waals surface area contributed by atoms with Crippen molar-refractivity contribution in [3.05, 3.63) is 208 Å². The zero-order valence-electron chi connectivity index (χ0n) is 36.8. The molecule has 2 saturated carbocycles. The van der Waals surface area contributed by atoms with Crippen molar-refractivity contribution in [1.82, 2.24) is 0 Å². The molecule has 2 aliphatic carbocycles. The Labute approximate surface area is 377 Å². The molecule has 0 bridgehead atoms. The summed E-state index contributed by atoms with van der Waals surface area (Å²) in [6.07, 6.45) is 20.2. The number of anilines is 3. The molecule has 0 N–H and O–H groups in total. The van der Waals surface area contributed by atoms with Crippen LogP contribution in [-0.2, 0) is 0 Å². The largest absolute Gasteiger partial charge is 0.309 e. The summed E-state index contributed by atoms with van der Waals surface area (Å²) in [4.78, 5) is 2.51. The lowest BCUT2D eigenvalue weighted by Gasteiger charge is -2.30. The van der Waals surface area contributed by atoms with Crippen molar-refractivity contribution in [1.29, 1.82) is 0 Å². The summed E-state index contributed by atoms with van der Waals surface area (Å²) in [5, 5.41) is 13.1. The highest BCUT2D eigenvalue weighted by molar-refractivity contribution is 6.40. The van der Waals surface area contributed by atoms with E-state index < -0.39 is 0 Å². The molecule has 0 saturated heterocycles. The van der Waals surface area contributed by atoms with Crippen LogP contribution in [0.3, 0.4) is 0 Å². The summed E-state index contributed by atoms with van der Waals surface area (Å²) in [6, 6.07) is 62.2. The molecule has 2 aliphatic rings. The smallest absolute Gasteiger partial charge is 0.0619 e. The van der Waals surface area contributed by atoms with E-state index in [-0.39, 0.29) is 0 Å². The Balaban J connectivity index is 0.997. The minimum Gasteiger partial charge on any atom is -0.309 e. The van der Waals surface area contributed by atoms with Gasteiger partial charge in [-0.3, -0.25) is 0 Å². The van der Waals surface area contributed by atoms with Gasteiger partial charge in [0, 0.05) is 27.5 Å². The van der Waals surface area contributed by atoms with Crippen LogP contribution in [0.15, 0.2) is 175 Å². The first-order valence-corrected chi connectivity index (χ1v) is 23.7. The minimum atomic E-state index is 1.14. The fourth-order valence-corrected chi connectivity index (χ4v) is 11.1. The second kappa shape index (κ2) is 16.3. The Kier molecular flexibility index (Phi) is 9.86. The van der Waals surface area contributed by atoms with E-state index in [1.807, 2.05) is 0 Å². The van der Waals surface area contributed by atoms with Gasteiger partial charge in [-0.15, -0.1) is 0 Å². The van der Waals surface area contributed by atoms with Crippen molar-refractivity contribution >= 4 is 94.7 Å². The molecule has 0 spiro atoms. The molecule has 12 rings (SSSR count). The second-order valence-corrected chi connectivity index (χ2v) is 18.7. The van der Waals surface area contributed by atoms with Gasteiger partial charge in [0.15, 0.2) is 0 Å². The maximum atomic E-state index is 2.51. The zero-order chi connectivity index (χ0) is 42.6. The van der Waals surface area contributed by atoms with Crippen LogP contribution in [-0.4, -0.2) is 0 Å². The number of hydrogen-bond acceptors (Lipinski definition) is 1. The molecule has 64 heavy (non-hydrogen) atoms. The van der Waals surface area contributed by atoms with Gasteiger partial charge in [-0.2, -0.15) is 0 Å². The summed E-state index contributed by atoms with van der Waals surface area (Å²) in [5.41, 5.74) is 15.4. The van der Waals surface area contributed by atoms with Crippen molar-refractivity contribution in [2.45, 2.75) is 71.1 Å². The monoisotopic (exact) mass is 823 g/mol. The Morgan fingerprint density at radius 1 is 0.406 bits per heavy atom. The summed E-state index contributed by atoms with van der Waals surface area (Å²) in [5.74, 6) is 0. The summed E-state index contributed by atoms with van der Waals surface area (Å²) >= 11 is 0. The Bertz CT molecular complexity index is 3310. The summed E-state index contributed by atoms with van der Waals surface area (Å²) in [6.45, 7) is 2.17. The van der Waals surface area contributed by atoms with Gasteiger partial charge in [0.1, 0.15) is 0 Å². The van der Waals surface area contributed by atoms with E-state index in [1.165, 1.54) is 163 Å². The molecule has 0 radical (unpaired) electrons. The maximum absolute atomic E-state index is 2.51. The molecule has 310 valence electrons. The lowest BCUT2D eigenvalue weighted by molar-refractivity contribution is 0.602. The lowest BCUT2D eigenvalue weighted by Crippen LogP contribution is -2.11. The van der Waals surface area contributed by atoms with Crippen LogP contribution in [0.4, 0.5) is 17.1 Å². The van der Waals surface area contributed by atoms with E-state index in [4.69, 9.17) is 0 Å². The van der Waals surface area contributed by atoms with E-state index in [1.54, 1.807) is 11.1 Å². The fourth-order valence-electron chi connectivity index (χ4n) is 11.1. The summed E-state index contributed by atoms with van der Waals surface area (Å²) in [7, 11) is 0. The van der Waals surface area contributed by atoms with Crippen molar-refractivity contribution in [3.63, 3.8) is 0 Å². The first-order chi connectivity index (χ1) is 31.6. The average Bonchev–Trinajstić information content (AvgIpc) is 3.34.